The molecule has 1 saturated heterocycles. The molecule has 0 unspecified atom stereocenters. The molecule has 2 aliphatic rings. The standard InChI is InChI=1S/C24H29N3O5S/c1-4-20-24(29)26-19-13-16(3)22(14-21(19)32-20)33(30,31)27-11-9-17(10-12-27)23(28)25-18-8-6-5-7-15(18)2/h5-8,13-14,17,20H,4,9-12H2,1-3H3,(H,25,28)(H,26,29)/t20-/m0/s1. The third kappa shape index (κ3) is 4.60. The number of para-hydroxylation sites is 1. The average Bonchev–Trinajstić information content (AvgIpc) is 2.79. The number of piperidine rings is 1. The molecule has 2 amide bonds. The second-order valence-corrected chi connectivity index (χ2v) is 10.5. The lowest BCUT2D eigenvalue weighted by atomic mass is 9.97. The fourth-order valence-corrected chi connectivity index (χ4v) is 5.97. The van der Waals surface area contributed by atoms with Gasteiger partial charge in [-0.15, -0.1) is 0 Å². The molecular weight excluding hydrogens is 442 g/mol. The van der Waals surface area contributed by atoms with Crippen LogP contribution in [0.3, 0.4) is 0 Å². The molecule has 1 fully saturated rings. The van der Waals surface area contributed by atoms with E-state index in [0.717, 1.165) is 11.3 Å². The van der Waals surface area contributed by atoms with Gasteiger partial charge in [0.15, 0.2) is 6.10 Å². The molecule has 1 atom stereocenters. The Labute approximate surface area is 194 Å². The molecule has 4 rings (SSSR count). The van der Waals surface area contributed by atoms with E-state index in [1.165, 1.54) is 10.4 Å². The highest BCUT2D eigenvalue weighted by Crippen LogP contribution is 2.36. The van der Waals surface area contributed by atoms with Crippen molar-refractivity contribution in [1.82, 2.24) is 4.31 Å². The summed E-state index contributed by atoms with van der Waals surface area (Å²) in [5, 5.41) is 5.75. The number of carbonyl (C=O) groups is 2. The molecule has 2 N–H and O–H groups in total. The number of anilines is 2. The Morgan fingerprint density at radius 3 is 2.52 bits per heavy atom. The number of nitrogens with zero attached hydrogens (tertiary/aromatic N) is 1. The third-order valence-electron chi connectivity index (χ3n) is 6.31. The van der Waals surface area contributed by atoms with E-state index in [0.29, 0.717) is 36.3 Å². The van der Waals surface area contributed by atoms with Gasteiger partial charge in [0.05, 0.1) is 10.6 Å². The third-order valence-corrected chi connectivity index (χ3v) is 8.35. The van der Waals surface area contributed by atoms with Gasteiger partial charge in [0.25, 0.3) is 5.91 Å². The summed E-state index contributed by atoms with van der Waals surface area (Å²) in [6, 6.07) is 10.7. The summed E-state index contributed by atoms with van der Waals surface area (Å²) >= 11 is 0. The van der Waals surface area contributed by atoms with Crippen LogP contribution >= 0.6 is 0 Å². The van der Waals surface area contributed by atoms with Gasteiger partial charge in [-0.25, -0.2) is 8.42 Å². The number of rotatable bonds is 5. The fourth-order valence-electron chi connectivity index (χ4n) is 4.28. The Kier molecular flexibility index (Phi) is 6.45. The summed E-state index contributed by atoms with van der Waals surface area (Å²) in [6.45, 7) is 6.00. The number of nitrogens with one attached hydrogen (secondary N) is 2. The largest absolute Gasteiger partial charge is 0.478 e. The molecule has 2 heterocycles. The van der Waals surface area contributed by atoms with Crippen LogP contribution in [0, 0.1) is 19.8 Å². The van der Waals surface area contributed by atoms with Crippen LogP contribution in [-0.2, 0) is 19.6 Å². The van der Waals surface area contributed by atoms with E-state index in [1.807, 2.05) is 38.1 Å². The van der Waals surface area contributed by atoms with Crippen molar-refractivity contribution in [3.63, 3.8) is 0 Å². The molecule has 8 nitrogen and oxygen atoms in total. The molecule has 2 aliphatic heterocycles. The monoisotopic (exact) mass is 471 g/mol. The molecule has 0 spiro atoms. The molecule has 0 bridgehead atoms. The van der Waals surface area contributed by atoms with Crippen LogP contribution in [-0.4, -0.2) is 43.7 Å². The first kappa shape index (κ1) is 23.3. The number of benzene rings is 2. The SMILES string of the molecule is CC[C@@H]1Oc2cc(S(=O)(=O)N3CCC(C(=O)Nc4ccccc4C)CC3)c(C)cc2NC1=O. The van der Waals surface area contributed by atoms with Crippen molar-refractivity contribution in [1.29, 1.82) is 0 Å². The van der Waals surface area contributed by atoms with E-state index >= 15 is 0 Å². The topological polar surface area (TPSA) is 105 Å². The summed E-state index contributed by atoms with van der Waals surface area (Å²) in [6.07, 6.45) is 0.745. The maximum atomic E-state index is 13.4. The van der Waals surface area contributed by atoms with Crippen LogP contribution < -0.4 is 15.4 Å². The summed E-state index contributed by atoms with van der Waals surface area (Å²) in [5.41, 5.74) is 2.77. The maximum absolute atomic E-state index is 13.4. The highest BCUT2D eigenvalue weighted by molar-refractivity contribution is 7.89. The first-order valence-corrected chi connectivity index (χ1v) is 12.6. The molecule has 0 saturated carbocycles. The molecule has 2 aromatic carbocycles. The lowest BCUT2D eigenvalue weighted by Gasteiger charge is -2.32. The highest BCUT2D eigenvalue weighted by Gasteiger charge is 2.35. The zero-order valence-corrected chi connectivity index (χ0v) is 19.9. The summed E-state index contributed by atoms with van der Waals surface area (Å²) in [4.78, 5) is 24.9. The van der Waals surface area contributed by atoms with Crippen molar-refractivity contribution in [2.45, 2.75) is 51.0 Å². The molecule has 0 radical (unpaired) electrons. The van der Waals surface area contributed by atoms with Gasteiger partial charge in [-0.2, -0.15) is 4.31 Å². The van der Waals surface area contributed by atoms with Crippen LogP contribution in [0.2, 0.25) is 0 Å². The molecule has 0 aromatic heterocycles. The summed E-state index contributed by atoms with van der Waals surface area (Å²) in [5.74, 6) is -0.199. The predicted molar refractivity (Wildman–Crippen MR) is 126 cm³/mol. The maximum Gasteiger partial charge on any atom is 0.265 e. The van der Waals surface area contributed by atoms with E-state index in [-0.39, 0.29) is 35.7 Å². The number of amides is 2. The molecule has 2 aromatic rings. The van der Waals surface area contributed by atoms with Gasteiger partial charge in [-0.1, -0.05) is 25.1 Å². The normalized spacial score (nSPS) is 19.4. The first-order chi connectivity index (χ1) is 15.7. The molecule has 33 heavy (non-hydrogen) atoms. The van der Waals surface area contributed by atoms with Crippen LogP contribution in [0.25, 0.3) is 0 Å². The molecule has 0 aliphatic carbocycles. The van der Waals surface area contributed by atoms with E-state index in [4.69, 9.17) is 4.74 Å². The smallest absolute Gasteiger partial charge is 0.265 e. The zero-order chi connectivity index (χ0) is 23.8. The Morgan fingerprint density at radius 2 is 1.85 bits per heavy atom. The Bertz CT molecular complexity index is 1190. The molecular formula is C24H29N3O5S. The van der Waals surface area contributed by atoms with E-state index in [2.05, 4.69) is 10.6 Å². The Balaban J connectivity index is 1.47. The first-order valence-electron chi connectivity index (χ1n) is 11.2. The number of sulfonamides is 1. The summed E-state index contributed by atoms with van der Waals surface area (Å²) in [7, 11) is -3.77. The minimum Gasteiger partial charge on any atom is -0.478 e. The van der Waals surface area contributed by atoms with Gasteiger partial charge >= 0.3 is 0 Å². The predicted octanol–water partition coefficient (Wildman–Crippen LogP) is 3.45. The van der Waals surface area contributed by atoms with Crippen LogP contribution in [0.5, 0.6) is 5.75 Å². The molecule has 9 heteroatoms. The summed E-state index contributed by atoms with van der Waals surface area (Å²) < 4.78 is 34.0. The number of aryl methyl sites for hydroxylation is 2. The van der Waals surface area contributed by atoms with Crippen molar-refractivity contribution in [3.05, 3.63) is 47.5 Å². The fraction of sp³-hybridized carbons (Fsp3) is 0.417. The number of ether oxygens (including phenoxy) is 1. The van der Waals surface area contributed by atoms with Gasteiger partial charge < -0.3 is 15.4 Å². The van der Waals surface area contributed by atoms with Gasteiger partial charge in [-0.3, -0.25) is 9.59 Å². The van der Waals surface area contributed by atoms with Crippen LogP contribution in [0.1, 0.15) is 37.3 Å². The van der Waals surface area contributed by atoms with Crippen LogP contribution in [0.15, 0.2) is 41.3 Å². The number of fused-ring (bicyclic) bond motifs is 1. The quantitative estimate of drug-likeness (QED) is 0.695. The lowest BCUT2D eigenvalue weighted by Crippen LogP contribution is -2.41. The van der Waals surface area contributed by atoms with Gasteiger partial charge in [-0.05, 0) is 56.4 Å². The Hall–Kier alpha value is -2.91. The van der Waals surface area contributed by atoms with Crippen molar-refractivity contribution < 1.29 is 22.7 Å². The van der Waals surface area contributed by atoms with Gasteiger partial charge in [0.2, 0.25) is 15.9 Å². The van der Waals surface area contributed by atoms with E-state index in [1.54, 1.807) is 13.0 Å². The van der Waals surface area contributed by atoms with Crippen molar-refractivity contribution in [2.75, 3.05) is 23.7 Å². The van der Waals surface area contributed by atoms with Gasteiger partial charge in [0.1, 0.15) is 5.75 Å². The van der Waals surface area contributed by atoms with Crippen LogP contribution in [0.4, 0.5) is 11.4 Å². The van der Waals surface area contributed by atoms with Crippen molar-refractivity contribution in [2.24, 2.45) is 5.92 Å². The van der Waals surface area contributed by atoms with Crippen molar-refractivity contribution in [3.8, 4) is 5.75 Å². The zero-order valence-electron chi connectivity index (χ0n) is 19.1. The average molecular weight is 472 g/mol. The van der Waals surface area contributed by atoms with Gasteiger partial charge in [0, 0.05) is 30.8 Å². The van der Waals surface area contributed by atoms with E-state index < -0.39 is 16.1 Å². The minimum atomic E-state index is -3.77. The lowest BCUT2D eigenvalue weighted by molar-refractivity contribution is -0.123. The number of hydrogen-bond acceptors (Lipinski definition) is 5. The molecule has 176 valence electrons. The second-order valence-electron chi connectivity index (χ2n) is 8.60. The number of hydrogen-bond donors (Lipinski definition) is 2. The second kappa shape index (κ2) is 9.15. The Morgan fingerprint density at radius 1 is 1.15 bits per heavy atom. The highest BCUT2D eigenvalue weighted by atomic mass is 32.2. The minimum absolute atomic E-state index is 0.0824. The van der Waals surface area contributed by atoms with E-state index in [9.17, 15) is 18.0 Å². The number of carbonyl (C=O) groups excluding carboxylic acids is 2. The van der Waals surface area contributed by atoms with Crippen molar-refractivity contribution >= 4 is 33.2 Å².